The number of hydrogen-bond acceptors (Lipinski definition) is 4. The third kappa shape index (κ3) is 5.38. The first-order valence-corrected chi connectivity index (χ1v) is 12.6. The average Bonchev–Trinajstić information content (AvgIpc) is 3.48. The van der Waals surface area contributed by atoms with Crippen molar-refractivity contribution < 1.29 is 19.4 Å². The van der Waals surface area contributed by atoms with Crippen LogP contribution in [0.3, 0.4) is 0 Å². The number of carbonyl (C=O) groups is 2. The second kappa shape index (κ2) is 10.9. The molecular weight excluding hydrogens is 464 g/mol. The first kappa shape index (κ1) is 26.0. The maximum Gasteiger partial charge on any atom is 0.336 e. The number of rotatable bonds is 5. The Labute approximate surface area is 218 Å². The first-order valence-electron chi connectivity index (χ1n) is 12.6. The molecule has 1 amide bonds. The Hall–Kier alpha value is -4.06. The molecule has 0 saturated heterocycles. The third-order valence-corrected chi connectivity index (χ3v) is 6.73. The number of benzene rings is 3. The van der Waals surface area contributed by atoms with Gasteiger partial charge in [-0.25, -0.2) is 4.79 Å². The lowest BCUT2D eigenvalue weighted by Crippen LogP contribution is -2.04. The summed E-state index contributed by atoms with van der Waals surface area (Å²) in [5, 5.41) is 14.9. The number of carboxylic acid groups (broad SMARTS) is 1. The zero-order chi connectivity index (χ0) is 26.7. The summed E-state index contributed by atoms with van der Waals surface area (Å²) in [5.41, 5.74) is 8.26. The van der Waals surface area contributed by atoms with Crippen molar-refractivity contribution in [1.82, 2.24) is 0 Å². The van der Waals surface area contributed by atoms with Gasteiger partial charge in [0.25, 0.3) is 5.91 Å². The smallest absolute Gasteiger partial charge is 0.336 e. The molecule has 6 heteroatoms. The minimum Gasteiger partial charge on any atom is -0.496 e. The number of para-hydroxylation sites is 1. The van der Waals surface area contributed by atoms with Crippen molar-refractivity contribution in [3.8, 4) is 5.75 Å². The van der Waals surface area contributed by atoms with Crippen LogP contribution in [0.2, 0.25) is 0 Å². The molecule has 3 N–H and O–H groups in total. The summed E-state index contributed by atoms with van der Waals surface area (Å²) in [4.78, 5) is 23.1. The summed E-state index contributed by atoms with van der Waals surface area (Å²) < 4.78 is 5.70. The molecule has 0 radical (unpaired) electrons. The Balaban J connectivity index is 0.000000222. The number of aromatic carboxylic acids is 1. The fourth-order valence-electron chi connectivity index (χ4n) is 4.87. The number of anilines is 2. The summed E-state index contributed by atoms with van der Waals surface area (Å²) in [7, 11) is 1.73. The van der Waals surface area contributed by atoms with Crippen molar-refractivity contribution >= 4 is 34.9 Å². The molecule has 6 nitrogen and oxygen atoms in total. The van der Waals surface area contributed by atoms with E-state index in [0.29, 0.717) is 23.0 Å². The van der Waals surface area contributed by atoms with E-state index in [1.165, 1.54) is 11.1 Å². The van der Waals surface area contributed by atoms with Gasteiger partial charge in [0.05, 0.1) is 12.7 Å². The zero-order valence-electron chi connectivity index (χ0n) is 22.0. The average molecular weight is 499 g/mol. The van der Waals surface area contributed by atoms with Gasteiger partial charge in [0, 0.05) is 29.1 Å². The maximum absolute atomic E-state index is 12.4. The van der Waals surface area contributed by atoms with Gasteiger partial charge in [-0.15, -0.1) is 0 Å². The molecule has 2 heterocycles. The molecule has 192 valence electrons. The number of hydrogen-bond donors (Lipinski definition) is 3. The van der Waals surface area contributed by atoms with Crippen LogP contribution in [-0.2, 0) is 11.2 Å². The Bertz CT molecular complexity index is 1340. The number of fused-ring (bicyclic) bond motifs is 2. The summed E-state index contributed by atoms with van der Waals surface area (Å²) in [6, 6.07) is 17.4. The molecule has 2 aliphatic rings. The molecule has 0 atom stereocenters. The van der Waals surface area contributed by atoms with E-state index in [1.54, 1.807) is 19.2 Å². The molecule has 5 rings (SSSR count). The normalized spacial score (nSPS) is 14.6. The number of ether oxygens (including phenoxy) is 1. The molecule has 0 aliphatic carbocycles. The van der Waals surface area contributed by atoms with Crippen LogP contribution < -0.4 is 15.4 Å². The predicted octanol–water partition coefficient (Wildman–Crippen LogP) is 6.79. The molecule has 3 aromatic rings. The molecule has 0 unspecified atom stereocenters. The van der Waals surface area contributed by atoms with Gasteiger partial charge in [0.2, 0.25) is 0 Å². The Kier molecular flexibility index (Phi) is 7.67. The molecule has 0 bridgehead atoms. The highest BCUT2D eigenvalue weighted by atomic mass is 16.5. The second-order valence-electron chi connectivity index (χ2n) is 9.91. The van der Waals surface area contributed by atoms with Gasteiger partial charge in [-0.2, -0.15) is 0 Å². The molecule has 37 heavy (non-hydrogen) atoms. The summed E-state index contributed by atoms with van der Waals surface area (Å²) >= 11 is 0. The molecule has 0 spiro atoms. The van der Waals surface area contributed by atoms with E-state index in [1.807, 2.05) is 36.4 Å². The van der Waals surface area contributed by atoms with Crippen LogP contribution in [0.25, 0.3) is 11.6 Å². The minimum absolute atomic E-state index is 0.0470. The number of amides is 1. The second-order valence-corrected chi connectivity index (χ2v) is 9.91. The largest absolute Gasteiger partial charge is 0.496 e. The fourth-order valence-corrected chi connectivity index (χ4v) is 4.87. The van der Waals surface area contributed by atoms with E-state index in [-0.39, 0.29) is 5.91 Å². The SMILES string of the molecule is COc1c(C(C)C)cc(C=C2C(=O)Nc3ccccc32)cc1C(C)C.O=C(O)c1cccc2c1CCN2. The number of methoxy groups -OCH3 is 1. The van der Waals surface area contributed by atoms with Crippen molar-refractivity contribution in [2.24, 2.45) is 0 Å². The van der Waals surface area contributed by atoms with Crippen LogP contribution in [0.5, 0.6) is 5.75 Å². The highest BCUT2D eigenvalue weighted by Crippen LogP contribution is 2.38. The van der Waals surface area contributed by atoms with Crippen molar-refractivity contribution in [2.45, 2.75) is 46.0 Å². The van der Waals surface area contributed by atoms with Gasteiger partial charge < -0.3 is 20.5 Å². The number of carboxylic acids is 1. The summed E-state index contributed by atoms with van der Waals surface area (Å²) in [6.45, 7) is 9.50. The molecule has 0 aromatic heterocycles. The van der Waals surface area contributed by atoms with Crippen molar-refractivity contribution in [2.75, 3.05) is 24.3 Å². The van der Waals surface area contributed by atoms with E-state index >= 15 is 0 Å². The van der Waals surface area contributed by atoms with Gasteiger partial charge in [0.15, 0.2) is 0 Å². The first-order chi connectivity index (χ1) is 17.7. The minimum atomic E-state index is -0.837. The Morgan fingerprint density at radius 3 is 2.24 bits per heavy atom. The van der Waals surface area contributed by atoms with Crippen LogP contribution in [0.4, 0.5) is 11.4 Å². The lowest BCUT2D eigenvalue weighted by atomic mass is 9.90. The van der Waals surface area contributed by atoms with Gasteiger partial charge >= 0.3 is 5.97 Å². The van der Waals surface area contributed by atoms with Crippen LogP contribution >= 0.6 is 0 Å². The van der Waals surface area contributed by atoms with Crippen LogP contribution in [0.15, 0.2) is 54.6 Å². The summed E-state index contributed by atoms with van der Waals surface area (Å²) in [6.07, 6.45) is 2.80. The Morgan fingerprint density at radius 1 is 0.973 bits per heavy atom. The van der Waals surface area contributed by atoms with E-state index in [9.17, 15) is 9.59 Å². The van der Waals surface area contributed by atoms with E-state index in [2.05, 4.69) is 50.5 Å². The molecule has 3 aromatic carbocycles. The van der Waals surface area contributed by atoms with Crippen LogP contribution in [0.1, 0.15) is 77.7 Å². The monoisotopic (exact) mass is 498 g/mol. The number of carbonyl (C=O) groups excluding carboxylic acids is 1. The third-order valence-electron chi connectivity index (χ3n) is 6.73. The topological polar surface area (TPSA) is 87.7 Å². The van der Waals surface area contributed by atoms with E-state index < -0.39 is 5.97 Å². The van der Waals surface area contributed by atoms with Crippen molar-refractivity contribution in [1.29, 1.82) is 0 Å². The van der Waals surface area contributed by atoms with Gasteiger partial charge in [-0.05, 0) is 76.9 Å². The highest BCUT2D eigenvalue weighted by molar-refractivity contribution is 6.34. The fraction of sp³-hybridized carbons (Fsp3) is 0.290. The standard InChI is InChI=1S/C22H25NO2.C9H9NO2/c1-13(2)17-10-15(11-18(14(3)4)21(17)25-5)12-19-16-8-6-7-9-20(16)23-22(19)24;11-9(12)7-2-1-3-8-6(7)4-5-10-8/h6-14H,1-5H3,(H,23,24);1-3,10H,4-5H2,(H,11,12). The van der Waals surface area contributed by atoms with E-state index in [0.717, 1.165) is 46.8 Å². The highest BCUT2D eigenvalue weighted by Gasteiger charge is 2.24. The van der Waals surface area contributed by atoms with Crippen LogP contribution in [-0.4, -0.2) is 30.6 Å². The zero-order valence-corrected chi connectivity index (χ0v) is 22.0. The summed E-state index contributed by atoms with van der Waals surface area (Å²) in [5.74, 6) is 0.763. The van der Waals surface area contributed by atoms with Gasteiger partial charge in [0.1, 0.15) is 5.75 Å². The number of nitrogens with one attached hydrogen (secondary N) is 2. The predicted molar refractivity (Wildman–Crippen MR) is 150 cm³/mol. The lowest BCUT2D eigenvalue weighted by Gasteiger charge is -2.19. The van der Waals surface area contributed by atoms with E-state index in [4.69, 9.17) is 9.84 Å². The van der Waals surface area contributed by atoms with Crippen LogP contribution in [0, 0.1) is 0 Å². The van der Waals surface area contributed by atoms with Gasteiger partial charge in [-0.3, -0.25) is 4.79 Å². The van der Waals surface area contributed by atoms with Crippen molar-refractivity contribution in [3.63, 3.8) is 0 Å². The van der Waals surface area contributed by atoms with Gasteiger partial charge in [-0.1, -0.05) is 52.0 Å². The van der Waals surface area contributed by atoms with Crippen molar-refractivity contribution in [3.05, 3.63) is 88.0 Å². The Morgan fingerprint density at radius 2 is 1.62 bits per heavy atom. The molecule has 2 aliphatic heterocycles. The molecular formula is C31H34N2O4. The quantitative estimate of drug-likeness (QED) is 0.337. The maximum atomic E-state index is 12.4. The molecule has 0 saturated carbocycles. The lowest BCUT2D eigenvalue weighted by molar-refractivity contribution is -0.110. The molecule has 0 fully saturated rings.